The summed E-state index contributed by atoms with van der Waals surface area (Å²) in [4.78, 5) is 29.8. The fourth-order valence-electron chi connectivity index (χ4n) is 3.92. The molecule has 174 valence electrons. The van der Waals surface area contributed by atoms with Crippen molar-refractivity contribution in [2.45, 2.75) is 44.0 Å². The lowest BCUT2D eigenvalue weighted by atomic mass is 10.1. The van der Waals surface area contributed by atoms with E-state index < -0.39 is 0 Å². The highest BCUT2D eigenvalue weighted by Crippen LogP contribution is 2.25. The second-order valence-corrected chi connectivity index (χ2v) is 9.02. The van der Waals surface area contributed by atoms with Crippen molar-refractivity contribution >= 4 is 28.6 Å². The van der Waals surface area contributed by atoms with Crippen molar-refractivity contribution in [3.05, 3.63) is 70.0 Å². The summed E-state index contributed by atoms with van der Waals surface area (Å²) in [7, 11) is 0. The number of aromatic nitrogens is 4. The highest BCUT2D eigenvalue weighted by Gasteiger charge is 2.16. The van der Waals surface area contributed by atoms with Gasteiger partial charge in [0.25, 0.3) is 10.8 Å². The van der Waals surface area contributed by atoms with E-state index in [2.05, 4.69) is 15.5 Å². The van der Waals surface area contributed by atoms with Gasteiger partial charge in [-0.3, -0.25) is 14.2 Å². The minimum atomic E-state index is -0.317. The van der Waals surface area contributed by atoms with Gasteiger partial charge in [0.05, 0.1) is 16.7 Å². The zero-order valence-electron chi connectivity index (χ0n) is 18.3. The summed E-state index contributed by atoms with van der Waals surface area (Å²) < 4.78 is 20.5. The van der Waals surface area contributed by atoms with E-state index in [4.69, 9.17) is 9.40 Å². The molecule has 1 N–H and O–H groups in total. The maximum Gasteiger partial charge on any atom is 0.277 e. The van der Waals surface area contributed by atoms with Crippen LogP contribution in [0.5, 0.6) is 0 Å². The molecule has 2 aromatic carbocycles. The first-order valence-corrected chi connectivity index (χ1v) is 12.1. The summed E-state index contributed by atoms with van der Waals surface area (Å²) in [6.07, 6.45) is 3.90. The molecule has 34 heavy (non-hydrogen) atoms. The zero-order chi connectivity index (χ0) is 23.5. The van der Waals surface area contributed by atoms with Gasteiger partial charge in [0, 0.05) is 25.1 Å². The number of hydrogen-bond donors (Lipinski definition) is 1. The Labute approximate surface area is 198 Å². The van der Waals surface area contributed by atoms with Crippen molar-refractivity contribution in [2.24, 2.45) is 0 Å². The Bertz CT molecular complexity index is 1400. The number of carbonyl (C=O) groups excluding carboxylic acids is 1. The van der Waals surface area contributed by atoms with Crippen LogP contribution in [-0.2, 0) is 24.3 Å². The van der Waals surface area contributed by atoms with Crippen LogP contribution in [0.15, 0.2) is 56.9 Å². The van der Waals surface area contributed by atoms with E-state index in [1.54, 1.807) is 34.9 Å². The first-order chi connectivity index (χ1) is 16.6. The number of aryl methyl sites for hydroxylation is 1. The lowest BCUT2D eigenvalue weighted by Gasteiger charge is -2.10. The molecule has 0 radical (unpaired) electrons. The van der Waals surface area contributed by atoms with Crippen LogP contribution in [-0.4, -0.2) is 31.4 Å². The summed E-state index contributed by atoms with van der Waals surface area (Å²) >= 11 is 1.13. The van der Waals surface area contributed by atoms with E-state index in [-0.39, 0.29) is 28.3 Å². The van der Waals surface area contributed by atoms with Crippen LogP contribution >= 0.6 is 11.8 Å². The fourth-order valence-corrected chi connectivity index (χ4v) is 4.51. The topological polar surface area (TPSA) is 103 Å². The van der Waals surface area contributed by atoms with Gasteiger partial charge in [0.2, 0.25) is 11.8 Å². The maximum absolute atomic E-state index is 13.0. The van der Waals surface area contributed by atoms with E-state index in [1.165, 1.54) is 12.1 Å². The molecular weight excluding hydrogens is 457 g/mol. The summed E-state index contributed by atoms with van der Waals surface area (Å²) in [5, 5.41) is 11.7. The molecule has 10 heteroatoms. The Balaban J connectivity index is 1.25. The minimum Gasteiger partial charge on any atom is -0.411 e. The average molecular weight is 480 g/mol. The number of thioether (sulfide) groups is 1. The Kier molecular flexibility index (Phi) is 6.39. The molecule has 0 aliphatic carbocycles. The molecule has 0 fully saturated rings. The molecule has 0 bridgehead atoms. The van der Waals surface area contributed by atoms with E-state index >= 15 is 0 Å². The second kappa shape index (κ2) is 9.76. The molecule has 0 unspecified atom stereocenters. The molecule has 0 saturated carbocycles. The molecule has 8 nitrogen and oxygen atoms in total. The monoisotopic (exact) mass is 479 g/mol. The van der Waals surface area contributed by atoms with E-state index in [9.17, 15) is 14.0 Å². The van der Waals surface area contributed by atoms with Gasteiger partial charge in [0.1, 0.15) is 11.6 Å². The average Bonchev–Trinajstić information content (AvgIpc) is 3.20. The van der Waals surface area contributed by atoms with Gasteiger partial charge in [-0.05, 0) is 48.7 Å². The summed E-state index contributed by atoms with van der Waals surface area (Å²) in [6.45, 7) is 1.02. The molecule has 0 saturated heterocycles. The summed E-state index contributed by atoms with van der Waals surface area (Å²) in [5.74, 6) is 0.700. The van der Waals surface area contributed by atoms with Crippen LogP contribution in [0.25, 0.3) is 22.4 Å². The molecular formula is C24H22FN5O3S. The Morgan fingerprint density at radius 3 is 2.82 bits per heavy atom. The number of benzene rings is 2. The SMILES string of the molecule is O=C(CSc1nnc(-c2ccc3c(=O)n4c(nc3c2)CCCCC4)o1)NCc1ccc(F)cc1. The number of nitrogens with zero attached hydrogens (tertiary/aromatic N) is 4. The Hall–Kier alpha value is -3.53. The van der Waals surface area contributed by atoms with Crippen LogP contribution in [0, 0.1) is 5.82 Å². The van der Waals surface area contributed by atoms with Gasteiger partial charge in [0.15, 0.2) is 0 Å². The van der Waals surface area contributed by atoms with Crippen molar-refractivity contribution in [3.8, 4) is 11.5 Å². The first kappa shape index (κ1) is 22.3. The van der Waals surface area contributed by atoms with Crippen molar-refractivity contribution in [1.29, 1.82) is 0 Å². The van der Waals surface area contributed by atoms with Gasteiger partial charge in [-0.25, -0.2) is 9.37 Å². The van der Waals surface area contributed by atoms with Crippen molar-refractivity contribution in [3.63, 3.8) is 0 Å². The summed E-state index contributed by atoms with van der Waals surface area (Å²) in [5.41, 5.74) is 2.07. The van der Waals surface area contributed by atoms with Gasteiger partial charge < -0.3 is 9.73 Å². The van der Waals surface area contributed by atoms with Crippen molar-refractivity contribution in [1.82, 2.24) is 25.1 Å². The highest BCUT2D eigenvalue weighted by atomic mass is 32.2. The molecule has 1 aliphatic heterocycles. The number of fused-ring (bicyclic) bond motifs is 2. The molecule has 3 heterocycles. The molecule has 4 aromatic rings. The predicted octanol–water partition coefficient (Wildman–Crippen LogP) is 3.72. The molecule has 5 rings (SSSR count). The van der Waals surface area contributed by atoms with E-state index in [1.807, 2.05) is 0 Å². The smallest absolute Gasteiger partial charge is 0.277 e. The van der Waals surface area contributed by atoms with Gasteiger partial charge >= 0.3 is 0 Å². The van der Waals surface area contributed by atoms with Crippen LogP contribution in [0.4, 0.5) is 4.39 Å². The molecule has 1 amide bonds. The largest absolute Gasteiger partial charge is 0.411 e. The van der Waals surface area contributed by atoms with Gasteiger partial charge in [-0.2, -0.15) is 0 Å². The van der Waals surface area contributed by atoms with Crippen molar-refractivity contribution < 1.29 is 13.6 Å². The van der Waals surface area contributed by atoms with Crippen LogP contribution < -0.4 is 10.9 Å². The Morgan fingerprint density at radius 2 is 1.97 bits per heavy atom. The Morgan fingerprint density at radius 1 is 1.12 bits per heavy atom. The summed E-state index contributed by atoms with van der Waals surface area (Å²) in [6, 6.07) is 11.3. The number of carbonyl (C=O) groups is 1. The number of rotatable bonds is 6. The zero-order valence-corrected chi connectivity index (χ0v) is 19.1. The normalized spacial score (nSPS) is 13.4. The number of halogens is 1. The molecule has 0 atom stereocenters. The maximum atomic E-state index is 13.0. The van der Waals surface area contributed by atoms with E-state index in [0.29, 0.717) is 35.4 Å². The molecule has 1 aliphatic rings. The quantitative estimate of drug-likeness (QED) is 0.421. The van der Waals surface area contributed by atoms with Gasteiger partial charge in [-0.15, -0.1) is 10.2 Å². The fraction of sp³-hybridized carbons (Fsp3) is 0.292. The standard InChI is InChI=1S/C24H22FN5O3S/c25-17-8-5-15(6-9-17)13-26-21(31)14-34-24-29-28-22(33-24)16-7-10-18-19(12-16)27-20-4-2-1-3-11-30(20)23(18)32/h5-10,12H,1-4,11,13-14H2,(H,26,31). The predicted molar refractivity (Wildman–Crippen MR) is 126 cm³/mol. The van der Waals surface area contributed by atoms with E-state index in [0.717, 1.165) is 48.8 Å². The molecule has 2 aromatic heterocycles. The van der Waals surface area contributed by atoms with Gasteiger partial charge in [-0.1, -0.05) is 30.3 Å². The molecule has 0 spiro atoms. The van der Waals surface area contributed by atoms with Crippen LogP contribution in [0.2, 0.25) is 0 Å². The number of nitrogens with one attached hydrogen (secondary N) is 1. The third-order valence-corrected chi connectivity index (χ3v) is 6.52. The lowest BCUT2D eigenvalue weighted by molar-refractivity contribution is -0.118. The third-order valence-electron chi connectivity index (χ3n) is 5.70. The highest BCUT2D eigenvalue weighted by molar-refractivity contribution is 7.99. The minimum absolute atomic E-state index is 0.0122. The van der Waals surface area contributed by atoms with Crippen molar-refractivity contribution in [2.75, 3.05) is 5.75 Å². The lowest BCUT2D eigenvalue weighted by Crippen LogP contribution is -2.24. The number of hydrogen-bond acceptors (Lipinski definition) is 7. The third kappa shape index (κ3) is 4.86. The van der Waals surface area contributed by atoms with Crippen LogP contribution in [0.1, 0.15) is 30.7 Å². The second-order valence-electron chi connectivity index (χ2n) is 8.09. The first-order valence-electron chi connectivity index (χ1n) is 11.1. The number of amides is 1. The van der Waals surface area contributed by atoms with Crippen LogP contribution in [0.3, 0.4) is 0 Å².